The molecule has 1 aliphatic carbocycles. The fourth-order valence-corrected chi connectivity index (χ4v) is 3.69. The van der Waals surface area contributed by atoms with E-state index in [0.717, 1.165) is 24.0 Å². The molecule has 92 valence electrons. The highest BCUT2D eigenvalue weighted by Crippen LogP contribution is 2.39. The predicted molar refractivity (Wildman–Crippen MR) is 67.6 cm³/mol. The summed E-state index contributed by atoms with van der Waals surface area (Å²) in [6.45, 7) is 4.91. The van der Waals surface area contributed by atoms with E-state index >= 15 is 0 Å². The number of fused-ring (bicyclic) bond motifs is 2. The van der Waals surface area contributed by atoms with E-state index < -0.39 is 0 Å². The molecule has 16 heavy (non-hydrogen) atoms. The van der Waals surface area contributed by atoms with Gasteiger partial charge in [-0.3, -0.25) is 4.90 Å². The average molecular weight is 222 g/mol. The molecular weight excluding hydrogens is 196 g/mol. The molecule has 0 amide bonds. The first kappa shape index (κ1) is 11.0. The maximum atomic E-state index is 3.73. The first-order chi connectivity index (χ1) is 7.86. The highest BCUT2D eigenvalue weighted by Gasteiger charge is 2.42. The standard InChI is InChI=1S/C14H26N2/c1-2-7-15-12-8-13-5-6-14(9-12)16(13)10-11-3-4-11/h11-15H,2-10H2,1H3. The third-order valence-corrected chi connectivity index (χ3v) is 4.73. The molecule has 2 heteroatoms. The van der Waals surface area contributed by atoms with Gasteiger partial charge in [0.1, 0.15) is 0 Å². The van der Waals surface area contributed by atoms with Gasteiger partial charge in [0.15, 0.2) is 0 Å². The molecule has 1 N–H and O–H groups in total. The zero-order chi connectivity index (χ0) is 11.0. The first-order valence-electron chi connectivity index (χ1n) is 7.36. The van der Waals surface area contributed by atoms with Crippen molar-refractivity contribution in [2.24, 2.45) is 5.92 Å². The minimum Gasteiger partial charge on any atom is -0.314 e. The Morgan fingerprint density at radius 2 is 1.75 bits per heavy atom. The van der Waals surface area contributed by atoms with Crippen molar-refractivity contribution < 1.29 is 0 Å². The van der Waals surface area contributed by atoms with Gasteiger partial charge in [0.2, 0.25) is 0 Å². The van der Waals surface area contributed by atoms with Crippen molar-refractivity contribution in [3.63, 3.8) is 0 Å². The van der Waals surface area contributed by atoms with Gasteiger partial charge < -0.3 is 5.32 Å². The van der Waals surface area contributed by atoms with Gasteiger partial charge in [-0.2, -0.15) is 0 Å². The van der Waals surface area contributed by atoms with Crippen molar-refractivity contribution in [3.05, 3.63) is 0 Å². The molecule has 2 unspecified atom stereocenters. The van der Waals surface area contributed by atoms with Crippen LogP contribution in [-0.2, 0) is 0 Å². The number of rotatable bonds is 5. The molecule has 2 atom stereocenters. The molecule has 0 aromatic heterocycles. The Balaban J connectivity index is 1.53. The lowest BCUT2D eigenvalue weighted by molar-refractivity contribution is 0.111. The van der Waals surface area contributed by atoms with E-state index in [-0.39, 0.29) is 0 Å². The van der Waals surface area contributed by atoms with Crippen LogP contribution in [0.5, 0.6) is 0 Å². The van der Waals surface area contributed by atoms with Gasteiger partial charge in [-0.15, -0.1) is 0 Å². The second-order valence-electron chi connectivity index (χ2n) is 6.15. The van der Waals surface area contributed by atoms with Crippen LogP contribution in [0.3, 0.4) is 0 Å². The number of hydrogen-bond donors (Lipinski definition) is 1. The summed E-state index contributed by atoms with van der Waals surface area (Å²) in [6, 6.07) is 2.68. The van der Waals surface area contributed by atoms with Crippen molar-refractivity contribution in [1.29, 1.82) is 0 Å². The van der Waals surface area contributed by atoms with Gasteiger partial charge in [0.05, 0.1) is 0 Å². The summed E-state index contributed by atoms with van der Waals surface area (Å²) >= 11 is 0. The van der Waals surface area contributed by atoms with E-state index in [1.54, 1.807) is 0 Å². The maximum Gasteiger partial charge on any atom is 0.0114 e. The largest absolute Gasteiger partial charge is 0.314 e. The van der Waals surface area contributed by atoms with Crippen LogP contribution >= 0.6 is 0 Å². The van der Waals surface area contributed by atoms with E-state index in [9.17, 15) is 0 Å². The monoisotopic (exact) mass is 222 g/mol. The summed E-state index contributed by atoms with van der Waals surface area (Å²) in [7, 11) is 0. The second kappa shape index (κ2) is 4.66. The lowest BCUT2D eigenvalue weighted by Gasteiger charge is -2.39. The molecule has 1 saturated carbocycles. The fraction of sp³-hybridized carbons (Fsp3) is 1.00. The van der Waals surface area contributed by atoms with E-state index in [1.165, 1.54) is 58.0 Å². The predicted octanol–water partition coefficient (Wildman–Crippen LogP) is 2.39. The van der Waals surface area contributed by atoms with Gasteiger partial charge in [0.25, 0.3) is 0 Å². The number of hydrogen-bond acceptors (Lipinski definition) is 2. The van der Waals surface area contributed by atoms with Crippen LogP contribution in [0, 0.1) is 5.92 Å². The number of piperidine rings is 1. The zero-order valence-electron chi connectivity index (χ0n) is 10.6. The van der Waals surface area contributed by atoms with Crippen LogP contribution in [0.15, 0.2) is 0 Å². The molecule has 0 spiro atoms. The molecule has 2 heterocycles. The Bertz CT molecular complexity index is 223. The molecule has 3 aliphatic rings. The van der Waals surface area contributed by atoms with Crippen LogP contribution < -0.4 is 5.32 Å². The highest BCUT2D eigenvalue weighted by atomic mass is 15.2. The summed E-state index contributed by atoms with van der Waals surface area (Å²) in [5.41, 5.74) is 0. The highest BCUT2D eigenvalue weighted by molar-refractivity contribution is 4.98. The Hall–Kier alpha value is -0.0800. The van der Waals surface area contributed by atoms with Crippen molar-refractivity contribution >= 4 is 0 Å². The normalized spacial score (nSPS) is 39.2. The SMILES string of the molecule is CCCNC1CC2CCC(C1)N2CC1CC1. The van der Waals surface area contributed by atoms with Gasteiger partial charge in [-0.05, 0) is 57.4 Å². The summed E-state index contributed by atoms with van der Waals surface area (Å²) in [4.78, 5) is 2.86. The third-order valence-electron chi connectivity index (χ3n) is 4.73. The van der Waals surface area contributed by atoms with E-state index in [1.807, 2.05) is 0 Å². The Labute approximate surface area is 99.8 Å². The van der Waals surface area contributed by atoms with Crippen LogP contribution in [-0.4, -0.2) is 36.1 Å². The Morgan fingerprint density at radius 3 is 2.31 bits per heavy atom. The van der Waals surface area contributed by atoms with Crippen LogP contribution in [0.25, 0.3) is 0 Å². The summed E-state index contributed by atoms with van der Waals surface area (Å²) in [6.07, 6.45) is 10.1. The van der Waals surface area contributed by atoms with Crippen LogP contribution in [0.2, 0.25) is 0 Å². The summed E-state index contributed by atoms with van der Waals surface area (Å²) in [5.74, 6) is 1.07. The van der Waals surface area contributed by atoms with E-state index in [2.05, 4.69) is 17.1 Å². The lowest BCUT2D eigenvalue weighted by Crippen LogP contribution is -2.49. The molecular formula is C14H26N2. The lowest BCUT2D eigenvalue weighted by atomic mass is 9.97. The van der Waals surface area contributed by atoms with Crippen molar-refractivity contribution in [2.75, 3.05) is 13.1 Å². The van der Waals surface area contributed by atoms with Crippen molar-refractivity contribution in [3.8, 4) is 0 Å². The smallest absolute Gasteiger partial charge is 0.0114 e. The quantitative estimate of drug-likeness (QED) is 0.768. The zero-order valence-corrected chi connectivity index (χ0v) is 10.6. The van der Waals surface area contributed by atoms with Crippen molar-refractivity contribution in [2.45, 2.75) is 70.0 Å². The molecule has 2 aliphatic heterocycles. The summed E-state index contributed by atoms with van der Waals surface area (Å²) in [5, 5.41) is 3.73. The third kappa shape index (κ3) is 2.28. The van der Waals surface area contributed by atoms with Gasteiger partial charge >= 0.3 is 0 Å². The molecule has 3 rings (SSSR count). The minimum absolute atomic E-state index is 0.827. The topological polar surface area (TPSA) is 15.3 Å². The van der Waals surface area contributed by atoms with Gasteiger partial charge in [-0.25, -0.2) is 0 Å². The minimum atomic E-state index is 0.827. The average Bonchev–Trinajstić information content (AvgIpc) is 3.05. The molecule has 3 fully saturated rings. The first-order valence-corrected chi connectivity index (χ1v) is 7.36. The molecule has 0 aromatic carbocycles. The molecule has 2 bridgehead atoms. The molecule has 2 saturated heterocycles. The summed E-state index contributed by atoms with van der Waals surface area (Å²) < 4.78 is 0. The Morgan fingerprint density at radius 1 is 1.06 bits per heavy atom. The van der Waals surface area contributed by atoms with Crippen molar-refractivity contribution in [1.82, 2.24) is 10.2 Å². The van der Waals surface area contributed by atoms with Gasteiger partial charge in [-0.1, -0.05) is 6.92 Å². The van der Waals surface area contributed by atoms with Crippen LogP contribution in [0.1, 0.15) is 51.9 Å². The maximum absolute atomic E-state index is 3.73. The van der Waals surface area contributed by atoms with Gasteiger partial charge in [0, 0.05) is 24.7 Å². The van der Waals surface area contributed by atoms with Crippen LogP contribution in [0.4, 0.5) is 0 Å². The molecule has 0 radical (unpaired) electrons. The van der Waals surface area contributed by atoms with E-state index in [4.69, 9.17) is 0 Å². The Kier molecular flexibility index (Phi) is 3.21. The molecule has 2 nitrogen and oxygen atoms in total. The second-order valence-corrected chi connectivity index (χ2v) is 6.15. The number of nitrogens with zero attached hydrogens (tertiary/aromatic N) is 1. The van der Waals surface area contributed by atoms with E-state index in [0.29, 0.717) is 0 Å². The molecule has 0 aromatic rings. The fourth-order valence-electron chi connectivity index (χ4n) is 3.69. The number of nitrogens with one attached hydrogen (secondary N) is 1.